The number of amides is 3. The summed E-state index contributed by atoms with van der Waals surface area (Å²) < 4.78 is 26.4. The van der Waals surface area contributed by atoms with Gasteiger partial charge in [0.15, 0.2) is 11.6 Å². The highest BCUT2D eigenvalue weighted by Crippen LogP contribution is 2.23. The van der Waals surface area contributed by atoms with E-state index in [9.17, 15) is 18.4 Å². The van der Waals surface area contributed by atoms with Gasteiger partial charge in [-0.3, -0.25) is 4.79 Å². The van der Waals surface area contributed by atoms with E-state index >= 15 is 0 Å². The maximum atomic E-state index is 13.4. The van der Waals surface area contributed by atoms with Crippen molar-refractivity contribution in [2.24, 2.45) is 0 Å². The molecule has 0 fully saturated rings. The molecule has 0 radical (unpaired) electrons. The third-order valence-corrected chi connectivity index (χ3v) is 4.57. The van der Waals surface area contributed by atoms with Gasteiger partial charge in [0, 0.05) is 18.1 Å². The van der Waals surface area contributed by atoms with Crippen LogP contribution in [0.4, 0.5) is 19.3 Å². The second-order valence-electron chi connectivity index (χ2n) is 6.78. The molecule has 0 saturated carbocycles. The van der Waals surface area contributed by atoms with Gasteiger partial charge in [-0.15, -0.1) is 0 Å². The SMILES string of the molecule is CC(NC(=O)N(C)CC(=O)Nc1cccc2ccccc12)c1ccc(F)c(F)c1. The minimum absolute atomic E-state index is 0.167. The second kappa shape index (κ2) is 8.68. The van der Waals surface area contributed by atoms with Gasteiger partial charge in [0.25, 0.3) is 0 Å². The molecule has 0 aliphatic carbocycles. The highest BCUT2D eigenvalue weighted by atomic mass is 19.2. The largest absolute Gasteiger partial charge is 0.331 e. The Balaban J connectivity index is 1.60. The van der Waals surface area contributed by atoms with Crippen molar-refractivity contribution >= 4 is 28.4 Å². The van der Waals surface area contributed by atoms with Crippen LogP contribution in [0.25, 0.3) is 10.8 Å². The number of fused-ring (bicyclic) bond motifs is 1. The van der Waals surface area contributed by atoms with E-state index < -0.39 is 23.7 Å². The number of urea groups is 1. The van der Waals surface area contributed by atoms with Crippen molar-refractivity contribution in [1.29, 1.82) is 0 Å². The highest BCUT2D eigenvalue weighted by molar-refractivity contribution is 6.03. The predicted molar refractivity (Wildman–Crippen MR) is 109 cm³/mol. The Hall–Kier alpha value is -3.48. The van der Waals surface area contributed by atoms with Crippen LogP contribution in [0.3, 0.4) is 0 Å². The first-order valence-corrected chi connectivity index (χ1v) is 9.09. The van der Waals surface area contributed by atoms with E-state index in [1.54, 1.807) is 13.0 Å². The lowest BCUT2D eigenvalue weighted by atomic mass is 10.1. The molecular weight excluding hydrogens is 376 g/mol. The van der Waals surface area contributed by atoms with Gasteiger partial charge in [-0.1, -0.05) is 42.5 Å². The lowest BCUT2D eigenvalue weighted by Gasteiger charge is -2.21. The van der Waals surface area contributed by atoms with Gasteiger partial charge in [0.1, 0.15) is 6.54 Å². The Bertz CT molecular complexity index is 1050. The van der Waals surface area contributed by atoms with Gasteiger partial charge >= 0.3 is 6.03 Å². The van der Waals surface area contributed by atoms with Crippen molar-refractivity contribution in [3.8, 4) is 0 Å². The Morgan fingerprint density at radius 1 is 1.00 bits per heavy atom. The fourth-order valence-electron chi connectivity index (χ4n) is 2.97. The number of hydrogen-bond donors (Lipinski definition) is 2. The lowest BCUT2D eigenvalue weighted by molar-refractivity contribution is -0.116. The van der Waals surface area contributed by atoms with E-state index in [2.05, 4.69) is 10.6 Å². The Labute approximate surface area is 167 Å². The molecule has 3 aromatic carbocycles. The first kappa shape index (κ1) is 20.3. The summed E-state index contributed by atoms with van der Waals surface area (Å²) in [5.41, 5.74) is 1.09. The fraction of sp³-hybridized carbons (Fsp3) is 0.182. The lowest BCUT2D eigenvalue weighted by Crippen LogP contribution is -2.42. The number of halogens is 2. The monoisotopic (exact) mass is 397 g/mol. The van der Waals surface area contributed by atoms with Crippen LogP contribution in [-0.2, 0) is 4.79 Å². The molecule has 29 heavy (non-hydrogen) atoms. The molecule has 5 nitrogen and oxygen atoms in total. The minimum Gasteiger partial charge on any atom is -0.331 e. The summed E-state index contributed by atoms with van der Waals surface area (Å²) in [5.74, 6) is -2.28. The van der Waals surface area contributed by atoms with E-state index in [1.807, 2.05) is 36.4 Å². The molecule has 0 bridgehead atoms. The predicted octanol–water partition coefficient (Wildman–Crippen LogP) is 4.46. The normalized spacial score (nSPS) is 11.7. The first-order chi connectivity index (χ1) is 13.8. The third kappa shape index (κ3) is 4.87. The number of anilines is 1. The molecule has 3 aromatic rings. The van der Waals surface area contributed by atoms with Crippen molar-refractivity contribution in [2.75, 3.05) is 18.9 Å². The molecule has 0 heterocycles. The molecule has 0 aliphatic rings. The molecule has 150 valence electrons. The molecule has 7 heteroatoms. The van der Waals surface area contributed by atoms with E-state index in [-0.39, 0.29) is 12.5 Å². The number of likely N-dealkylation sites (N-methyl/N-ethyl adjacent to an activating group) is 1. The standard InChI is InChI=1S/C22H21F2N3O2/c1-14(16-10-11-18(23)19(24)12-16)25-22(29)27(2)13-21(28)26-20-9-5-7-15-6-3-4-8-17(15)20/h3-12,14H,13H2,1-2H3,(H,25,29)(H,26,28). The number of carbonyl (C=O) groups excluding carboxylic acids is 2. The van der Waals surface area contributed by atoms with Gasteiger partial charge in [0.2, 0.25) is 5.91 Å². The summed E-state index contributed by atoms with van der Waals surface area (Å²) in [7, 11) is 1.48. The topological polar surface area (TPSA) is 61.4 Å². The van der Waals surface area contributed by atoms with Crippen molar-refractivity contribution in [3.05, 3.63) is 77.9 Å². The molecule has 0 aromatic heterocycles. The van der Waals surface area contributed by atoms with Crippen LogP contribution in [0.5, 0.6) is 0 Å². The number of rotatable bonds is 5. The average molecular weight is 397 g/mol. The van der Waals surface area contributed by atoms with Gasteiger partial charge < -0.3 is 15.5 Å². The molecule has 0 saturated heterocycles. The Morgan fingerprint density at radius 2 is 1.72 bits per heavy atom. The Morgan fingerprint density at radius 3 is 2.48 bits per heavy atom. The molecule has 3 amide bonds. The van der Waals surface area contributed by atoms with Gasteiger partial charge in [-0.2, -0.15) is 0 Å². The summed E-state index contributed by atoms with van der Waals surface area (Å²) in [5, 5.41) is 7.38. The van der Waals surface area contributed by atoms with Gasteiger partial charge in [0.05, 0.1) is 6.04 Å². The molecule has 1 unspecified atom stereocenters. The molecule has 0 aliphatic heterocycles. The van der Waals surface area contributed by atoms with Crippen LogP contribution < -0.4 is 10.6 Å². The summed E-state index contributed by atoms with van der Waals surface area (Å²) in [6.07, 6.45) is 0. The minimum atomic E-state index is -0.980. The number of carbonyl (C=O) groups is 2. The molecule has 3 rings (SSSR count). The van der Waals surface area contributed by atoms with Crippen molar-refractivity contribution < 1.29 is 18.4 Å². The van der Waals surface area contributed by atoms with E-state index in [1.165, 1.54) is 18.0 Å². The number of nitrogens with zero attached hydrogens (tertiary/aromatic N) is 1. The zero-order chi connectivity index (χ0) is 21.0. The first-order valence-electron chi connectivity index (χ1n) is 9.09. The zero-order valence-corrected chi connectivity index (χ0v) is 16.1. The summed E-state index contributed by atoms with van der Waals surface area (Å²) in [6, 6.07) is 15.6. The summed E-state index contributed by atoms with van der Waals surface area (Å²) >= 11 is 0. The van der Waals surface area contributed by atoms with Crippen LogP contribution in [-0.4, -0.2) is 30.4 Å². The zero-order valence-electron chi connectivity index (χ0n) is 16.1. The highest BCUT2D eigenvalue weighted by Gasteiger charge is 2.17. The number of hydrogen-bond acceptors (Lipinski definition) is 2. The molecule has 0 spiro atoms. The van der Waals surface area contributed by atoms with E-state index in [4.69, 9.17) is 0 Å². The van der Waals surface area contributed by atoms with Crippen molar-refractivity contribution in [3.63, 3.8) is 0 Å². The second-order valence-corrected chi connectivity index (χ2v) is 6.78. The smallest absolute Gasteiger partial charge is 0.318 e. The Kier molecular flexibility index (Phi) is 6.07. The van der Waals surface area contributed by atoms with Crippen LogP contribution >= 0.6 is 0 Å². The van der Waals surface area contributed by atoms with Crippen LogP contribution in [0.1, 0.15) is 18.5 Å². The number of benzene rings is 3. The van der Waals surface area contributed by atoms with Crippen molar-refractivity contribution in [2.45, 2.75) is 13.0 Å². The van der Waals surface area contributed by atoms with Crippen molar-refractivity contribution in [1.82, 2.24) is 10.2 Å². The van der Waals surface area contributed by atoms with Gasteiger partial charge in [-0.05, 0) is 36.1 Å². The van der Waals surface area contributed by atoms with Crippen LogP contribution in [0.2, 0.25) is 0 Å². The quantitative estimate of drug-likeness (QED) is 0.668. The van der Waals surface area contributed by atoms with E-state index in [0.717, 1.165) is 22.9 Å². The fourth-order valence-corrected chi connectivity index (χ4v) is 2.97. The van der Waals surface area contributed by atoms with Crippen LogP contribution in [0, 0.1) is 11.6 Å². The van der Waals surface area contributed by atoms with E-state index in [0.29, 0.717) is 11.3 Å². The average Bonchev–Trinajstić information content (AvgIpc) is 2.70. The third-order valence-electron chi connectivity index (χ3n) is 4.57. The molecular formula is C22H21F2N3O2. The maximum absolute atomic E-state index is 13.4. The molecule has 1 atom stereocenters. The summed E-state index contributed by atoms with van der Waals surface area (Å²) in [4.78, 5) is 25.9. The number of nitrogens with one attached hydrogen (secondary N) is 2. The summed E-state index contributed by atoms with van der Waals surface area (Å²) in [6.45, 7) is 1.48. The maximum Gasteiger partial charge on any atom is 0.318 e. The van der Waals surface area contributed by atoms with Crippen LogP contribution in [0.15, 0.2) is 60.7 Å². The van der Waals surface area contributed by atoms with Gasteiger partial charge in [-0.25, -0.2) is 13.6 Å². The molecule has 2 N–H and O–H groups in total.